The summed E-state index contributed by atoms with van der Waals surface area (Å²) < 4.78 is 7.13. The summed E-state index contributed by atoms with van der Waals surface area (Å²) in [6.45, 7) is -0.867. The van der Waals surface area contributed by atoms with Crippen LogP contribution < -0.4 is 16.8 Å². The highest BCUT2D eigenvalue weighted by molar-refractivity contribution is 5.81. The van der Waals surface area contributed by atoms with Crippen LogP contribution in [0.2, 0.25) is 0 Å². The van der Waals surface area contributed by atoms with Gasteiger partial charge in [0.15, 0.2) is 23.7 Å². The highest BCUT2D eigenvalue weighted by atomic mass is 16.5. The van der Waals surface area contributed by atoms with Gasteiger partial charge < -0.3 is 36.8 Å². The average molecular weight is 354 g/mol. The van der Waals surface area contributed by atoms with Gasteiger partial charge in [-0.05, 0) is 0 Å². The van der Waals surface area contributed by atoms with Crippen molar-refractivity contribution in [2.75, 3.05) is 18.9 Å². The van der Waals surface area contributed by atoms with Crippen LogP contribution in [0.25, 0.3) is 11.2 Å². The molecule has 0 aromatic carbocycles. The van der Waals surface area contributed by atoms with Gasteiger partial charge in [0.1, 0.15) is 30.7 Å². The Morgan fingerprint density at radius 3 is 2.88 bits per heavy atom. The van der Waals surface area contributed by atoms with Gasteiger partial charge in [-0.3, -0.25) is 9.36 Å². The molecule has 12 nitrogen and oxygen atoms in total. The summed E-state index contributed by atoms with van der Waals surface area (Å²) >= 11 is 0. The number of nitrogens with one attached hydrogen (secondary N) is 1. The second-order valence-electron chi connectivity index (χ2n) is 5.74. The van der Waals surface area contributed by atoms with Gasteiger partial charge in [-0.1, -0.05) is 0 Å². The Morgan fingerprint density at radius 2 is 2.20 bits per heavy atom. The summed E-state index contributed by atoms with van der Waals surface area (Å²) in [5.41, 5.74) is 9.94. The molecule has 1 aliphatic heterocycles. The maximum absolute atomic E-state index is 11.9. The second kappa shape index (κ2) is 6.85. The van der Waals surface area contributed by atoms with Gasteiger partial charge in [-0.2, -0.15) is 0 Å². The number of amides is 1. The van der Waals surface area contributed by atoms with Gasteiger partial charge in [0.25, 0.3) is 5.91 Å². The molecule has 5 atom stereocenters. The fraction of sp³-hybridized carbons (Fsp3) is 0.538. The molecule has 1 amide bonds. The number of nitrogens with two attached hydrogens (primary N) is 1. The molecule has 3 rings (SSSR count). The largest absolute Gasteiger partial charge is 0.394 e. The topological polar surface area (TPSA) is 196 Å². The molecule has 0 bridgehead atoms. The summed E-state index contributed by atoms with van der Waals surface area (Å²) in [5.74, 6) is -0.376. The quantitative estimate of drug-likeness (QED) is 0.308. The Hall–Kier alpha value is -2.38. The molecular weight excluding hydrogens is 334 g/mol. The van der Waals surface area contributed by atoms with Crippen LogP contribution in [0.3, 0.4) is 0 Å². The van der Waals surface area contributed by atoms with Gasteiger partial charge in [0.2, 0.25) is 0 Å². The Labute approximate surface area is 141 Å². The lowest BCUT2D eigenvalue weighted by molar-refractivity contribution is -0.409. The summed E-state index contributed by atoms with van der Waals surface area (Å²) in [6.07, 6.45) is -0.347. The number of aliphatic hydroxyl groups excluding tert-OH is 3. The number of nitrogens with zero attached hydrogens (tertiary/aromatic N) is 4. The van der Waals surface area contributed by atoms with Crippen molar-refractivity contribution in [1.82, 2.24) is 24.8 Å². The monoisotopic (exact) mass is 354 g/mol. The number of hydrogen-bond acceptors (Lipinski definition) is 9. The molecule has 136 valence electrons. The third-order valence-corrected chi connectivity index (χ3v) is 4.12. The Morgan fingerprint density at radius 1 is 1.44 bits per heavy atom. The summed E-state index contributed by atoms with van der Waals surface area (Å²) in [6, 6.07) is -1.79. The molecule has 0 spiro atoms. The number of fused-ring (bicyclic) bond motifs is 1. The van der Waals surface area contributed by atoms with E-state index in [1.165, 1.54) is 17.2 Å². The fourth-order valence-corrected chi connectivity index (χ4v) is 2.73. The SMILES string of the molecule is Nc1ncnc2c1ncn2[C@@H]1O[C@H](CO)[C@@H](NC(=O)[C@@H]([NH3+])CO)[C@H]1O. The minimum Gasteiger partial charge on any atom is -0.394 e. The maximum atomic E-state index is 11.9. The predicted octanol–water partition coefficient (Wildman–Crippen LogP) is -4.25. The highest BCUT2D eigenvalue weighted by Crippen LogP contribution is 2.31. The minimum absolute atomic E-state index is 0.183. The standard InChI is InChI=1S/C13H19N7O5/c14-5(1-21)12(24)19-7-6(2-22)25-13(9(7)23)20-4-18-8-10(15)16-3-17-11(8)20/h3-7,9,13,21-23H,1-2,14H2,(H,19,24)(H2,15,16,17)/p+1/t5-,6+,7+,9+,13+/m0/s1. The number of imidazole rings is 1. The van der Waals surface area contributed by atoms with Crippen molar-refractivity contribution in [3.63, 3.8) is 0 Å². The van der Waals surface area contributed by atoms with Crippen LogP contribution in [0.4, 0.5) is 5.82 Å². The Kier molecular flexibility index (Phi) is 4.78. The molecule has 12 heteroatoms. The van der Waals surface area contributed by atoms with Crippen LogP contribution in [0, 0.1) is 0 Å². The van der Waals surface area contributed by atoms with Crippen molar-refractivity contribution < 1.29 is 30.6 Å². The maximum Gasteiger partial charge on any atom is 0.281 e. The molecule has 2 aromatic heterocycles. The number of hydrogen-bond donors (Lipinski definition) is 6. The molecular formula is C13H20N7O5+. The molecule has 1 aliphatic rings. The number of quaternary nitrogens is 1. The van der Waals surface area contributed by atoms with E-state index in [0.29, 0.717) is 11.2 Å². The van der Waals surface area contributed by atoms with E-state index >= 15 is 0 Å². The highest BCUT2D eigenvalue weighted by Gasteiger charge is 2.46. The first kappa shape index (κ1) is 17.4. The van der Waals surface area contributed by atoms with Gasteiger partial charge in [-0.15, -0.1) is 0 Å². The molecule has 0 unspecified atom stereocenters. The van der Waals surface area contributed by atoms with Crippen LogP contribution in [0.5, 0.6) is 0 Å². The van der Waals surface area contributed by atoms with E-state index in [1.54, 1.807) is 0 Å². The normalized spacial score (nSPS) is 27.5. The van der Waals surface area contributed by atoms with Crippen LogP contribution in [-0.2, 0) is 9.53 Å². The number of carbonyl (C=O) groups excluding carboxylic acids is 1. The summed E-state index contributed by atoms with van der Waals surface area (Å²) in [4.78, 5) is 24.0. The molecule has 3 heterocycles. The Balaban J connectivity index is 1.88. The van der Waals surface area contributed by atoms with E-state index < -0.39 is 49.6 Å². The Bertz CT molecular complexity index is 768. The van der Waals surface area contributed by atoms with E-state index in [0.717, 1.165) is 0 Å². The zero-order valence-corrected chi connectivity index (χ0v) is 13.2. The zero-order valence-electron chi connectivity index (χ0n) is 13.2. The smallest absolute Gasteiger partial charge is 0.281 e. The van der Waals surface area contributed by atoms with Gasteiger partial charge >= 0.3 is 0 Å². The number of aromatic nitrogens is 4. The van der Waals surface area contributed by atoms with Crippen molar-refractivity contribution in [1.29, 1.82) is 0 Å². The van der Waals surface area contributed by atoms with Crippen LogP contribution in [-0.4, -0.2) is 78.3 Å². The molecule has 0 radical (unpaired) electrons. The number of aliphatic hydroxyl groups is 3. The van der Waals surface area contributed by atoms with Crippen molar-refractivity contribution >= 4 is 22.9 Å². The average Bonchev–Trinajstić information content (AvgIpc) is 3.17. The summed E-state index contributed by atoms with van der Waals surface area (Å²) in [5, 5.41) is 31.7. The molecule has 1 fully saturated rings. The van der Waals surface area contributed by atoms with Crippen molar-refractivity contribution in [3.8, 4) is 0 Å². The van der Waals surface area contributed by atoms with E-state index in [9.17, 15) is 15.0 Å². The van der Waals surface area contributed by atoms with Crippen LogP contribution in [0.15, 0.2) is 12.7 Å². The number of ether oxygens (including phenoxy) is 1. The molecule has 1 saturated heterocycles. The molecule has 0 aliphatic carbocycles. The fourth-order valence-electron chi connectivity index (χ4n) is 2.73. The van der Waals surface area contributed by atoms with E-state index in [2.05, 4.69) is 26.0 Å². The van der Waals surface area contributed by atoms with Gasteiger partial charge in [0, 0.05) is 0 Å². The predicted molar refractivity (Wildman–Crippen MR) is 82.4 cm³/mol. The minimum atomic E-state index is -1.19. The molecule has 25 heavy (non-hydrogen) atoms. The third kappa shape index (κ3) is 3.01. The molecule has 9 N–H and O–H groups in total. The second-order valence-corrected chi connectivity index (χ2v) is 5.74. The lowest BCUT2D eigenvalue weighted by atomic mass is 10.1. The number of nitrogen functional groups attached to an aromatic ring is 1. The first-order valence-corrected chi connectivity index (χ1v) is 7.59. The first-order valence-electron chi connectivity index (χ1n) is 7.59. The van der Waals surface area contributed by atoms with Gasteiger partial charge in [-0.25, -0.2) is 15.0 Å². The molecule has 0 saturated carbocycles. The van der Waals surface area contributed by atoms with Gasteiger partial charge in [0.05, 0.1) is 19.0 Å². The van der Waals surface area contributed by atoms with E-state index in [1.807, 2.05) is 0 Å². The van der Waals surface area contributed by atoms with Crippen LogP contribution >= 0.6 is 0 Å². The first-order chi connectivity index (χ1) is 12.0. The lowest BCUT2D eigenvalue weighted by Gasteiger charge is -2.21. The zero-order chi connectivity index (χ0) is 18.1. The van der Waals surface area contributed by atoms with Crippen molar-refractivity contribution in [3.05, 3.63) is 12.7 Å². The summed E-state index contributed by atoms with van der Waals surface area (Å²) in [7, 11) is 0. The third-order valence-electron chi connectivity index (χ3n) is 4.12. The van der Waals surface area contributed by atoms with Crippen molar-refractivity contribution in [2.24, 2.45) is 0 Å². The van der Waals surface area contributed by atoms with E-state index in [4.69, 9.17) is 15.6 Å². The lowest BCUT2D eigenvalue weighted by Crippen LogP contribution is -2.70. The van der Waals surface area contributed by atoms with E-state index in [-0.39, 0.29) is 5.82 Å². The molecule has 2 aromatic rings. The number of carbonyl (C=O) groups is 1. The number of rotatable bonds is 5. The van der Waals surface area contributed by atoms with Crippen LogP contribution in [0.1, 0.15) is 6.23 Å². The number of anilines is 1. The van der Waals surface area contributed by atoms with Crippen molar-refractivity contribution in [2.45, 2.75) is 30.5 Å².